The van der Waals surface area contributed by atoms with Crippen LogP contribution in [-0.2, 0) is 6.42 Å². The maximum atomic E-state index is 5.45. The van der Waals surface area contributed by atoms with Crippen molar-refractivity contribution in [2.45, 2.75) is 27.2 Å². The number of ether oxygens (including phenoxy) is 1. The van der Waals surface area contributed by atoms with Crippen LogP contribution < -0.4 is 4.74 Å². The van der Waals surface area contributed by atoms with Gasteiger partial charge in [0.15, 0.2) is 0 Å². The zero-order valence-electron chi connectivity index (χ0n) is 11.7. The molecule has 100 valence electrons. The Morgan fingerprint density at radius 2 is 2.05 bits per heavy atom. The van der Waals surface area contributed by atoms with Gasteiger partial charge in [0.25, 0.3) is 0 Å². The highest BCUT2D eigenvalue weighted by Gasteiger charge is 2.11. The molecule has 0 aliphatic rings. The van der Waals surface area contributed by atoms with Gasteiger partial charge in [-0.15, -0.1) is 0 Å². The lowest BCUT2D eigenvalue weighted by Gasteiger charge is -2.13. The highest BCUT2D eigenvalue weighted by molar-refractivity contribution is 7.71. The van der Waals surface area contributed by atoms with Crippen molar-refractivity contribution in [2.75, 3.05) is 7.11 Å². The van der Waals surface area contributed by atoms with E-state index in [9.17, 15) is 0 Å². The third-order valence-electron chi connectivity index (χ3n) is 3.16. The number of H-pyrrole nitrogens is 1. The fourth-order valence-corrected chi connectivity index (χ4v) is 2.25. The number of benzene rings is 1. The molecule has 0 aliphatic heterocycles. The molecule has 0 amide bonds. The number of hydrogen-bond donors (Lipinski definition) is 1. The fourth-order valence-electron chi connectivity index (χ4n) is 2.03. The third-order valence-corrected chi connectivity index (χ3v) is 3.56. The number of aromatic amines is 1. The van der Waals surface area contributed by atoms with Gasteiger partial charge in [-0.1, -0.05) is 30.8 Å². The molecule has 2 aromatic rings. The van der Waals surface area contributed by atoms with E-state index in [-0.39, 0.29) is 0 Å². The lowest BCUT2D eigenvalue weighted by Crippen LogP contribution is -2.01. The topological polar surface area (TPSA) is 37.9 Å². The number of aryl methyl sites for hydroxylation is 2. The van der Waals surface area contributed by atoms with Crippen molar-refractivity contribution in [3.05, 3.63) is 39.8 Å². The summed E-state index contributed by atoms with van der Waals surface area (Å²) in [6.45, 7) is 6.11. The van der Waals surface area contributed by atoms with E-state index < -0.39 is 0 Å². The van der Waals surface area contributed by atoms with Crippen molar-refractivity contribution >= 4 is 12.2 Å². The summed E-state index contributed by atoms with van der Waals surface area (Å²) >= 11 is 5.33. The Balaban J connectivity index is 2.74. The molecule has 0 radical (unpaired) electrons. The summed E-state index contributed by atoms with van der Waals surface area (Å²) < 4.78 is 6.10. The predicted octanol–water partition coefficient (Wildman–Crippen LogP) is 3.99. The molecule has 0 saturated carbocycles. The summed E-state index contributed by atoms with van der Waals surface area (Å²) in [7, 11) is 1.68. The van der Waals surface area contributed by atoms with E-state index in [1.165, 1.54) is 5.56 Å². The van der Waals surface area contributed by atoms with Crippen LogP contribution in [0.1, 0.15) is 23.9 Å². The molecule has 0 spiro atoms. The quantitative estimate of drug-likeness (QED) is 0.860. The van der Waals surface area contributed by atoms with Gasteiger partial charge < -0.3 is 9.72 Å². The summed E-state index contributed by atoms with van der Waals surface area (Å²) in [5.74, 6) is 1.74. The molecule has 1 aromatic carbocycles. The molecule has 4 heteroatoms. The second kappa shape index (κ2) is 5.53. The first-order chi connectivity index (χ1) is 9.06. The summed E-state index contributed by atoms with van der Waals surface area (Å²) in [6, 6.07) is 6.12. The number of nitrogens with zero attached hydrogens (tertiary/aromatic N) is 1. The summed E-state index contributed by atoms with van der Waals surface area (Å²) in [5, 5.41) is 0. The van der Waals surface area contributed by atoms with Gasteiger partial charge in [0.1, 0.15) is 16.2 Å². The van der Waals surface area contributed by atoms with Crippen molar-refractivity contribution in [1.82, 2.24) is 9.97 Å². The molecule has 3 nitrogen and oxygen atoms in total. The number of hydrogen-bond acceptors (Lipinski definition) is 3. The third kappa shape index (κ3) is 2.68. The highest BCUT2D eigenvalue weighted by atomic mass is 32.1. The molecular weight excluding hydrogens is 256 g/mol. The van der Waals surface area contributed by atoms with Crippen LogP contribution in [-0.4, -0.2) is 17.1 Å². The van der Waals surface area contributed by atoms with Gasteiger partial charge in [-0.25, -0.2) is 4.98 Å². The van der Waals surface area contributed by atoms with E-state index in [1.807, 2.05) is 19.1 Å². The first-order valence-corrected chi connectivity index (χ1v) is 6.72. The van der Waals surface area contributed by atoms with Crippen LogP contribution in [0.15, 0.2) is 18.2 Å². The number of aromatic nitrogens is 2. The van der Waals surface area contributed by atoms with Gasteiger partial charge in [0.2, 0.25) is 0 Å². The lowest BCUT2D eigenvalue weighted by atomic mass is 10.0. The number of methoxy groups -OCH3 is 1. The Morgan fingerprint density at radius 1 is 1.32 bits per heavy atom. The van der Waals surface area contributed by atoms with E-state index in [2.05, 4.69) is 29.9 Å². The van der Waals surface area contributed by atoms with Gasteiger partial charge in [0, 0.05) is 17.5 Å². The Hall–Kier alpha value is -1.68. The Kier molecular flexibility index (Phi) is 4.00. The number of rotatable bonds is 3. The zero-order valence-corrected chi connectivity index (χ0v) is 12.5. The standard InChI is InChI=1S/C15H18N2OS/c1-5-13-16-14(10(3)15(19)17-13)11-8-9(2)6-7-12(11)18-4/h6-8H,5H2,1-4H3,(H,16,17,19). The Bertz CT molecular complexity index is 662. The average Bonchev–Trinajstić information content (AvgIpc) is 2.41. The molecule has 0 unspecified atom stereocenters. The summed E-state index contributed by atoms with van der Waals surface area (Å²) in [6.07, 6.45) is 0.824. The van der Waals surface area contributed by atoms with Crippen LogP contribution in [0.2, 0.25) is 0 Å². The van der Waals surface area contributed by atoms with Gasteiger partial charge >= 0.3 is 0 Å². The first-order valence-electron chi connectivity index (χ1n) is 6.31. The molecule has 19 heavy (non-hydrogen) atoms. The number of nitrogens with one attached hydrogen (secondary N) is 1. The van der Waals surface area contributed by atoms with E-state index in [1.54, 1.807) is 7.11 Å². The molecule has 0 fully saturated rings. The lowest BCUT2D eigenvalue weighted by molar-refractivity contribution is 0.416. The van der Waals surface area contributed by atoms with Crippen LogP contribution >= 0.6 is 12.2 Å². The highest BCUT2D eigenvalue weighted by Crippen LogP contribution is 2.31. The molecule has 0 atom stereocenters. The van der Waals surface area contributed by atoms with Crippen LogP contribution in [0.25, 0.3) is 11.3 Å². The van der Waals surface area contributed by atoms with Crippen molar-refractivity contribution in [3.8, 4) is 17.0 Å². The molecule has 1 N–H and O–H groups in total. The minimum Gasteiger partial charge on any atom is -0.496 e. The van der Waals surface area contributed by atoms with Crippen molar-refractivity contribution in [3.63, 3.8) is 0 Å². The SMILES string of the molecule is CCc1nc(=S)c(C)c(-c2cc(C)ccc2OC)[nH]1. The van der Waals surface area contributed by atoms with Gasteiger partial charge in [0.05, 0.1) is 12.8 Å². The molecule has 0 bridgehead atoms. The average molecular weight is 274 g/mol. The van der Waals surface area contributed by atoms with Gasteiger partial charge in [-0.05, 0) is 26.0 Å². The Labute approximate surface area is 118 Å². The van der Waals surface area contributed by atoms with E-state index in [0.29, 0.717) is 4.64 Å². The van der Waals surface area contributed by atoms with Crippen LogP contribution in [0, 0.1) is 18.5 Å². The van der Waals surface area contributed by atoms with Crippen molar-refractivity contribution in [1.29, 1.82) is 0 Å². The van der Waals surface area contributed by atoms with Crippen LogP contribution in [0.3, 0.4) is 0 Å². The predicted molar refractivity (Wildman–Crippen MR) is 80.3 cm³/mol. The Morgan fingerprint density at radius 3 is 2.68 bits per heavy atom. The normalized spacial score (nSPS) is 10.5. The summed E-state index contributed by atoms with van der Waals surface area (Å²) in [5.41, 5.74) is 4.20. The first kappa shape index (κ1) is 13.7. The smallest absolute Gasteiger partial charge is 0.133 e. The van der Waals surface area contributed by atoms with Crippen molar-refractivity contribution in [2.24, 2.45) is 0 Å². The van der Waals surface area contributed by atoms with E-state index in [0.717, 1.165) is 34.8 Å². The second-order valence-electron chi connectivity index (χ2n) is 4.55. The summed E-state index contributed by atoms with van der Waals surface area (Å²) in [4.78, 5) is 7.74. The maximum Gasteiger partial charge on any atom is 0.133 e. The monoisotopic (exact) mass is 274 g/mol. The maximum absolute atomic E-state index is 5.45. The van der Waals surface area contributed by atoms with Crippen LogP contribution in [0.5, 0.6) is 5.75 Å². The fraction of sp³-hybridized carbons (Fsp3) is 0.333. The van der Waals surface area contributed by atoms with E-state index >= 15 is 0 Å². The molecule has 1 heterocycles. The van der Waals surface area contributed by atoms with Crippen LogP contribution in [0.4, 0.5) is 0 Å². The zero-order chi connectivity index (χ0) is 14.0. The minimum atomic E-state index is 0.647. The second-order valence-corrected chi connectivity index (χ2v) is 4.93. The molecule has 2 rings (SSSR count). The molecule has 0 saturated heterocycles. The van der Waals surface area contributed by atoms with Crippen molar-refractivity contribution < 1.29 is 4.74 Å². The molecule has 1 aromatic heterocycles. The largest absolute Gasteiger partial charge is 0.496 e. The molecular formula is C15H18N2OS. The van der Waals surface area contributed by atoms with E-state index in [4.69, 9.17) is 17.0 Å². The minimum absolute atomic E-state index is 0.647. The van der Waals surface area contributed by atoms with Gasteiger partial charge in [-0.2, -0.15) is 0 Å². The van der Waals surface area contributed by atoms with Gasteiger partial charge in [-0.3, -0.25) is 0 Å². The molecule has 0 aliphatic carbocycles.